The Morgan fingerprint density at radius 3 is 2.47 bits per heavy atom. The van der Waals surface area contributed by atoms with Gasteiger partial charge in [-0.05, 0) is 31.6 Å². The van der Waals surface area contributed by atoms with E-state index in [2.05, 4.69) is 10.6 Å². The van der Waals surface area contributed by atoms with E-state index in [4.69, 9.17) is 5.11 Å². The van der Waals surface area contributed by atoms with Crippen molar-refractivity contribution < 1.29 is 14.7 Å². The third-order valence-corrected chi connectivity index (χ3v) is 4.43. The van der Waals surface area contributed by atoms with Crippen molar-refractivity contribution in [3.63, 3.8) is 0 Å². The summed E-state index contributed by atoms with van der Waals surface area (Å²) in [6, 6.07) is -0.124. The lowest BCUT2D eigenvalue weighted by Gasteiger charge is -2.14. The Bertz CT molecular complexity index is 327. The van der Waals surface area contributed by atoms with Crippen molar-refractivity contribution in [2.24, 2.45) is 11.8 Å². The van der Waals surface area contributed by atoms with Crippen LogP contribution >= 0.6 is 0 Å². The summed E-state index contributed by atoms with van der Waals surface area (Å²) < 4.78 is 0. The van der Waals surface area contributed by atoms with Crippen LogP contribution in [0.25, 0.3) is 0 Å². The minimum atomic E-state index is -0.744. The predicted molar refractivity (Wildman–Crippen MR) is 71.9 cm³/mol. The van der Waals surface area contributed by atoms with Crippen molar-refractivity contribution in [1.29, 1.82) is 0 Å². The Labute approximate surface area is 114 Å². The molecule has 0 heterocycles. The van der Waals surface area contributed by atoms with E-state index in [0.29, 0.717) is 12.8 Å². The van der Waals surface area contributed by atoms with Gasteiger partial charge in [0.15, 0.2) is 0 Å². The summed E-state index contributed by atoms with van der Waals surface area (Å²) in [5.41, 5.74) is 0. The first-order valence-corrected chi connectivity index (χ1v) is 7.42. The summed E-state index contributed by atoms with van der Waals surface area (Å²) in [6.45, 7) is 0.728. The summed E-state index contributed by atoms with van der Waals surface area (Å²) in [6.07, 6.45) is 8.32. The maximum Gasteiger partial charge on any atom is 0.315 e. The molecule has 0 aromatic heterocycles. The monoisotopic (exact) mass is 268 g/mol. The second-order valence-electron chi connectivity index (χ2n) is 5.88. The predicted octanol–water partition coefficient (Wildman–Crippen LogP) is 2.12. The number of rotatable bonds is 5. The lowest BCUT2D eigenvalue weighted by Crippen LogP contribution is -2.41. The van der Waals surface area contributed by atoms with E-state index in [0.717, 1.165) is 25.3 Å². The number of carbonyl (C=O) groups excluding carboxylic acids is 1. The molecular formula is C14H24N2O3. The Balaban J connectivity index is 1.58. The molecule has 0 aromatic rings. The molecule has 0 saturated heterocycles. The quantitative estimate of drug-likeness (QED) is 0.714. The molecular weight excluding hydrogens is 244 g/mol. The molecule has 108 valence electrons. The normalized spacial score (nSPS) is 27.4. The summed E-state index contributed by atoms with van der Waals surface area (Å²) in [7, 11) is 0. The van der Waals surface area contributed by atoms with Crippen LogP contribution in [0.5, 0.6) is 0 Å². The van der Waals surface area contributed by atoms with Crippen LogP contribution in [0.15, 0.2) is 0 Å². The van der Waals surface area contributed by atoms with Gasteiger partial charge in [-0.15, -0.1) is 0 Å². The van der Waals surface area contributed by atoms with Crippen molar-refractivity contribution in [2.45, 2.75) is 57.4 Å². The minimum Gasteiger partial charge on any atom is -0.481 e. The highest BCUT2D eigenvalue weighted by Gasteiger charge is 2.30. The fourth-order valence-electron chi connectivity index (χ4n) is 3.26. The molecule has 5 heteroatoms. The van der Waals surface area contributed by atoms with E-state index in [1.165, 1.54) is 25.7 Å². The molecule has 2 aliphatic carbocycles. The minimum absolute atomic E-state index is 0.0209. The van der Waals surface area contributed by atoms with E-state index in [1.807, 2.05) is 0 Å². The maximum absolute atomic E-state index is 11.7. The average molecular weight is 268 g/mol. The molecule has 3 N–H and O–H groups in total. The van der Waals surface area contributed by atoms with Gasteiger partial charge in [-0.1, -0.05) is 25.7 Å². The third kappa shape index (κ3) is 4.40. The first kappa shape index (κ1) is 14.2. The number of nitrogens with one attached hydrogen (secondary N) is 2. The van der Waals surface area contributed by atoms with Crippen LogP contribution in [0.2, 0.25) is 0 Å². The van der Waals surface area contributed by atoms with Gasteiger partial charge in [-0.25, -0.2) is 4.79 Å². The SMILES string of the molecule is O=C(NCCC1CCCC1)NC1CCC(C(=O)O)C1. The lowest BCUT2D eigenvalue weighted by molar-refractivity contribution is -0.141. The molecule has 2 fully saturated rings. The van der Waals surface area contributed by atoms with Crippen LogP contribution in [0.1, 0.15) is 51.4 Å². The molecule has 0 aliphatic heterocycles. The van der Waals surface area contributed by atoms with Gasteiger partial charge >= 0.3 is 12.0 Å². The highest BCUT2D eigenvalue weighted by molar-refractivity contribution is 5.75. The van der Waals surface area contributed by atoms with Gasteiger partial charge in [-0.3, -0.25) is 4.79 Å². The van der Waals surface area contributed by atoms with Crippen LogP contribution in [0.4, 0.5) is 4.79 Å². The topological polar surface area (TPSA) is 78.4 Å². The fourth-order valence-corrected chi connectivity index (χ4v) is 3.26. The molecule has 19 heavy (non-hydrogen) atoms. The molecule has 2 rings (SSSR count). The van der Waals surface area contributed by atoms with Gasteiger partial charge in [0.25, 0.3) is 0 Å². The van der Waals surface area contributed by atoms with E-state index in [1.54, 1.807) is 0 Å². The molecule has 2 amide bonds. The Hall–Kier alpha value is -1.26. The highest BCUT2D eigenvalue weighted by atomic mass is 16.4. The van der Waals surface area contributed by atoms with E-state index < -0.39 is 5.97 Å². The van der Waals surface area contributed by atoms with Gasteiger partial charge in [0.05, 0.1) is 5.92 Å². The third-order valence-electron chi connectivity index (χ3n) is 4.43. The number of urea groups is 1. The van der Waals surface area contributed by atoms with E-state index in [9.17, 15) is 9.59 Å². The largest absolute Gasteiger partial charge is 0.481 e. The molecule has 2 unspecified atom stereocenters. The Morgan fingerprint density at radius 2 is 1.84 bits per heavy atom. The van der Waals surface area contributed by atoms with Gasteiger partial charge in [-0.2, -0.15) is 0 Å². The molecule has 2 saturated carbocycles. The fraction of sp³-hybridized carbons (Fsp3) is 0.857. The van der Waals surface area contributed by atoms with E-state index >= 15 is 0 Å². The summed E-state index contributed by atoms with van der Waals surface area (Å²) in [5, 5.41) is 14.7. The van der Waals surface area contributed by atoms with Gasteiger partial charge in [0.2, 0.25) is 0 Å². The lowest BCUT2D eigenvalue weighted by atomic mass is 10.0. The zero-order valence-electron chi connectivity index (χ0n) is 11.4. The van der Waals surface area contributed by atoms with Gasteiger partial charge in [0.1, 0.15) is 0 Å². The van der Waals surface area contributed by atoms with Crippen molar-refractivity contribution in [2.75, 3.05) is 6.54 Å². The molecule has 0 spiro atoms. The number of amides is 2. The number of carboxylic acids is 1. The van der Waals surface area contributed by atoms with Gasteiger partial charge < -0.3 is 15.7 Å². The number of aliphatic carboxylic acids is 1. The van der Waals surface area contributed by atoms with Crippen molar-refractivity contribution in [3.8, 4) is 0 Å². The highest BCUT2D eigenvalue weighted by Crippen LogP contribution is 2.27. The second kappa shape index (κ2) is 6.78. The number of carbonyl (C=O) groups is 2. The first-order chi connectivity index (χ1) is 9.15. The second-order valence-corrected chi connectivity index (χ2v) is 5.88. The first-order valence-electron chi connectivity index (χ1n) is 7.42. The van der Waals surface area contributed by atoms with Crippen LogP contribution < -0.4 is 10.6 Å². The van der Waals surface area contributed by atoms with E-state index in [-0.39, 0.29) is 18.0 Å². The summed E-state index contributed by atoms with van der Waals surface area (Å²) >= 11 is 0. The average Bonchev–Trinajstić information content (AvgIpc) is 3.00. The molecule has 2 atom stereocenters. The van der Waals surface area contributed by atoms with Crippen LogP contribution in [-0.4, -0.2) is 29.7 Å². The van der Waals surface area contributed by atoms with Crippen LogP contribution in [0.3, 0.4) is 0 Å². The Kier molecular flexibility index (Phi) is 5.05. The smallest absolute Gasteiger partial charge is 0.315 e. The molecule has 0 radical (unpaired) electrons. The van der Waals surface area contributed by atoms with Gasteiger partial charge in [0, 0.05) is 12.6 Å². The van der Waals surface area contributed by atoms with Crippen molar-refractivity contribution in [3.05, 3.63) is 0 Å². The van der Waals surface area contributed by atoms with Crippen molar-refractivity contribution >= 4 is 12.0 Å². The van der Waals surface area contributed by atoms with Crippen molar-refractivity contribution in [1.82, 2.24) is 10.6 Å². The summed E-state index contributed by atoms with van der Waals surface area (Å²) in [4.78, 5) is 22.5. The van der Waals surface area contributed by atoms with Crippen LogP contribution in [-0.2, 0) is 4.79 Å². The molecule has 5 nitrogen and oxygen atoms in total. The number of hydrogen-bond donors (Lipinski definition) is 3. The summed E-state index contributed by atoms with van der Waals surface area (Å²) in [5.74, 6) is -0.252. The number of carboxylic acid groups (broad SMARTS) is 1. The molecule has 0 bridgehead atoms. The van der Waals surface area contributed by atoms with Crippen LogP contribution in [0, 0.1) is 11.8 Å². The zero-order chi connectivity index (χ0) is 13.7. The Morgan fingerprint density at radius 1 is 1.11 bits per heavy atom. The standard InChI is InChI=1S/C14H24N2O3/c17-13(18)11-5-6-12(9-11)16-14(19)15-8-7-10-3-1-2-4-10/h10-12H,1-9H2,(H,17,18)(H2,15,16,19). The zero-order valence-corrected chi connectivity index (χ0v) is 11.4. The number of hydrogen-bond acceptors (Lipinski definition) is 2. The maximum atomic E-state index is 11.7. The molecule has 2 aliphatic rings. The molecule has 0 aromatic carbocycles.